The van der Waals surface area contributed by atoms with Crippen LogP contribution in [0.1, 0.15) is 19.3 Å². The SMILES string of the molecule is O=C(CCC1CCNC1)N1CCN(S(=O)(=O)c2cccc(Cl)c2)CC1. The quantitative estimate of drug-likeness (QED) is 0.835. The summed E-state index contributed by atoms with van der Waals surface area (Å²) >= 11 is 5.90. The summed E-state index contributed by atoms with van der Waals surface area (Å²) in [5.74, 6) is 0.722. The second-order valence-corrected chi connectivity index (χ2v) is 9.01. The predicted octanol–water partition coefficient (Wildman–Crippen LogP) is 1.56. The number of amides is 1. The van der Waals surface area contributed by atoms with Gasteiger partial charge in [0.1, 0.15) is 0 Å². The number of halogens is 1. The summed E-state index contributed by atoms with van der Waals surface area (Å²) < 4.78 is 26.8. The van der Waals surface area contributed by atoms with Crippen LogP contribution in [0, 0.1) is 5.92 Å². The van der Waals surface area contributed by atoms with E-state index in [1.165, 1.54) is 10.4 Å². The molecule has 8 heteroatoms. The highest BCUT2D eigenvalue weighted by atomic mass is 35.5. The Morgan fingerprint density at radius 1 is 1.24 bits per heavy atom. The summed E-state index contributed by atoms with van der Waals surface area (Å²) in [5.41, 5.74) is 0. The lowest BCUT2D eigenvalue weighted by Gasteiger charge is -2.34. The van der Waals surface area contributed by atoms with Gasteiger partial charge in [-0.15, -0.1) is 0 Å². The molecular formula is C17H24ClN3O3S. The average molecular weight is 386 g/mol. The van der Waals surface area contributed by atoms with Crippen LogP contribution in [0.2, 0.25) is 5.02 Å². The topological polar surface area (TPSA) is 69.7 Å². The third kappa shape index (κ3) is 4.53. The van der Waals surface area contributed by atoms with Gasteiger partial charge >= 0.3 is 0 Å². The Labute approximate surface area is 154 Å². The zero-order valence-electron chi connectivity index (χ0n) is 14.2. The summed E-state index contributed by atoms with van der Waals surface area (Å²) in [6, 6.07) is 6.29. The van der Waals surface area contributed by atoms with Crippen molar-refractivity contribution in [3.63, 3.8) is 0 Å². The Balaban J connectivity index is 1.53. The fourth-order valence-electron chi connectivity index (χ4n) is 3.40. The number of hydrogen-bond donors (Lipinski definition) is 1. The molecule has 2 saturated heterocycles. The zero-order valence-corrected chi connectivity index (χ0v) is 15.7. The van der Waals surface area contributed by atoms with Gasteiger partial charge in [0, 0.05) is 37.6 Å². The second kappa shape index (κ2) is 8.03. The monoisotopic (exact) mass is 385 g/mol. The van der Waals surface area contributed by atoms with Gasteiger partial charge in [0.05, 0.1) is 4.90 Å². The van der Waals surface area contributed by atoms with Crippen LogP contribution in [-0.2, 0) is 14.8 Å². The van der Waals surface area contributed by atoms with Crippen molar-refractivity contribution in [2.75, 3.05) is 39.3 Å². The zero-order chi connectivity index (χ0) is 17.9. The first-order chi connectivity index (χ1) is 12.0. The molecule has 25 heavy (non-hydrogen) atoms. The van der Waals surface area contributed by atoms with Crippen LogP contribution >= 0.6 is 11.6 Å². The van der Waals surface area contributed by atoms with Crippen LogP contribution in [0.15, 0.2) is 29.2 Å². The van der Waals surface area contributed by atoms with Crippen LogP contribution in [0.4, 0.5) is 0 Å². The molecule has 1 aromatic rings. The molecule has 0 aliphatic carbocycles. The Morgan fingerprint density at radius 3 is 2.64 bits per heavy atom. The van der Waals surface area contributed by atoms with Crippen molar-refractivity contribution in [2.45, 2.75) is 24.2 Å². The highest BCUT2D eigenvalue weighted by Gasteiger charge is 2.30. The van der Waals surface area contributed by atoms with Gasteiger partial charge in [-0.2, -0.15) is 4.31 Å². The summed E-state index contributed by atoms with van der Waals surface area (Å²) in [6.07, 6.45) is 2.60. The highest BCUT2D eigenvalue weighted by molar-refractivity contribution is 7.89. The Hall–Kier alpha value is -1.15. The fraction of sp³-hybridized carbons (Fsp3) is 0.588. The van der Waals surface area contributed by atoms with Gasteiger partial charge < -0.3 is 10.2 Å². The first-order valence-corrected chi connectivity index (χ1v) is 10.5. The van der Waals surface area contributed by atoms with Gasteiger partial charge in [-0.25, -0.2) is 8.42 Å². The van der Waals surface area contributed by atoms with Crippen LogP contribution in [0.5, 0.6) is 0 Å². The molecule has 0 saturated carbocycles. The van der Waals surface area contributed by atoms with E-state index in [9.17, 15) is 13.2 Å². The molecule has 0 radical (unpaired) electrons. The fourth-order valence-corrected chi connectivity index (χ4v) is 5.12. The van der Waals surface area contributed by atoms with E-state index in [4.69, 9.17) is 11.6 Å². The first kappa shape index (κ1) is 18.6. The van der Waals surface area contributed by atoms with Crippen molar-refractivity contribution >= 4 is 27.5 Å². The lowest BCUT2D eigenvalue weighted by Crippen LogP contribution is -2.50. The third-order valence-corrected chi connectivity index (χ3v) is 7.08. The number of carbonyl (C=O) groups excluding carboxylic acids is 1. The standard InChI is InChI=1S/C17H24ClN3O3S/c18-15-2-1-3-16(12-15)25(23,24)21-10-8-20(9-11-21)17(22)5-4-14-6-7-19-13-14/h1-3,12,14,19H,4-11,13H2. The summed E-state index contributed by atoms with van der Waals surface area (Å²) in [4.78, 5) is 14.3. The van der Waals surface area contributed by atoms with Gasteiger partial charge in [0.2, 0.25) is 15.9 Å². The van der Waals surface area contributed by atoms with Crippen LogP contribution < -0.4 is 5.32 Å². The van der Waals surface area contributed by atoms with Gasteiger partial charge in [0.15, 0.2) is 0 Å². The normalized spacial score (nSPS) is 22.3. The number of hydrogen-bond acceptors (Lipinski definition) is 4. The number of nitrogens with one attached hydrogen (secondary N) is 1. The van der Waals surface area contributed by atoms with Crippen LogP contribution in [0.3, 0.4) is 0 Å². The molecule has 2 heterocycles. The van der Waals surface area contributed by atoms with Crippen molar-refractivity contribution in [1.82, 2.24) is 14.5 Å². The van der Waals surface area contributed by atoms with E-state index in [1.807, 2.05) is 0 Å². The third-order valence-electron chi connectivity index (χ3n) is 4.95. The maximum absolute atomic E-state index is 12.7. The minimum atomic E-state index is -3.56. The summed E-state index contributed by atoms with van der Waals surface area (Å²) in [5, 5.41) is 3.71. The number of rotatable bonds is 5. The largest absolute Gasteiger partial charge is 0.340 e. The lowest BCUT2D eigenvalue weighted by molar-refractivity contribution is -0.132. The molecule has 1 N–H and O–H groups in total. The molecule has 1 amide bonds. The van der Waals surface area contributed by atoms with E-state index < -0.39 is 10.0 Å². The average Bonchev–Trinajstić information content (AvgIpc) is 3.13. The molecule has 1 aromatic carbocycles. The van der Waals surface area contributed by atoms with E-state index in [0.717, 1.165) is 25.9 Å². The number of sulfonamides is 1. The van der Waals surface area contributed by atoms with Crippen LogP contribution in [-0.4, -0.2) is 62.8 Å². The first-order valence-electron chi connectivity index (χ1n) is 8.71. The number of nitrogens with zero attached hydrogens (tertiary/aromatic N) is 2. The van der Waals surface area contributed by atoms with E-state index in [0.29, 0.717) is 43.5 Å². The summed E-state index contributed by atoms with van der Waals surface area (Å²) in [6.45, 7) is 3.58. The number of benzene rings is 1. The molecule has 2 fully saturated rings. The van der Waals surface area contributed by atoms with E-state index in [-0.39, 0.29) is 10.8 Å². The molecule has 3 rings (SSSR count). The second-order valence-electron chi connectivity index (χ2n) is 6.64. The lowest BCUT2D eigenvalue weighted by atomic mass is 10.0. The van der Waals surface area contributed by atoms with Gasteiger partial charge in [-0.1, -0.05) is 17.7 Å². The van der Waals surface area contributed by atoms with Crippen molar-refractivity contribution in [2.24, 2.45) is 5.92 Å². The smallest absolute Gasteiger partial charge is 0.243 e. The molecule has 2 aliphatic heterocycles. The highest BCUT2D eigenvalue weighted by Crippen LogP contribution is 2.21. The molecule has 0 bridgehead atoms. The van der Waals surface area contributed by atoms with E-state index in [2.05, 4.69) is 5.32 Å². The number of piperazine rings is 1. The maximum Gasteiger partial charge on any atom is 0.243 e. The minimum Gasteiger partial charge on any atom is -0.340 e. The molecule has 0 aromatic heterocycles. The molecule has 138 valence electrons. The van der Waals surface area contributed by atoms with Crippen molar-refractivity contribution in [3.8, 4) is 0 Å². The molecule has 6 nitrogen and oxygen atoms in total. The maximum atomic E-state index is 12.7. The predicted molar refractivity (Wildman–Crippen MR) is 97.0 cm³/mol. The van der Waals surface area contributed by atoms with Crippen molar-refractivity contribution < 1.29 is 13.2 Å². The Morgan fingerprint density at radius 2 is 2.00 bits per heavy atom. The molecule has 1 unspecified atom stereocenters. The van der Waals surface area contributed by atoms with Gasteiger partial charge in [0.25, 0.3) is 0 Å². The molecule has 1 atom stereocenters. The van der Waals surface area contributed by atoms with Gasteiger partial charge in [-0.3, -0.25) is 4.79 Å². The minimum absolute atomic E-state index is 0.131. The number of carbonyl (C=O) groups is 1. The Kier molecular flexibility index (Phi) is 5.99. The van der Waals surface area contributed by atoms with Crippen LogP contribution in [0.25, 0.3) is 0 Å². The molecule has 2 aliphatic rings. The Bertz CT molecular complexity index is 712. The van der Waals surface area contributed by atoms with Crippen molar-refractivity contribution in [3.05, 3.63) is 29.3 Å². The van der Waals surface area contributed by atoms with Gasteiger partial charge in [-0.05, 0) is 50.0 Å². The van der Waals surface area contributed by atoms with Crippen molar-refractivity contribution in [1.29, 1.82) is 0 Å². The molecular weight excluding hydrogens is 362 g/mol. The van der Waals surface area contributed by atoms with E-state index >= 15 is 0 Å². The van der Waals surface area contributed by atoms with E-state index in [1.54, 1.807) is 23.1 Å². The summed E-state index contributed by atoms with van der Waals surface area (Å²) in [7, 11) is -3.56. The molecule has 0 spiro atoms.